The predicted octanol–water partition coefficient (Wildman–Crippen LogP) is 3.20. The zero-order chi connectivity index (χ0) is 19.1. The molecule has 0 aliphatic carbocycles. The molecule has 0 amide bonds. The summed E-state index contributed by atoms with van der Waals surface area (Å²) in [4.78, 5) is 17.2. The lowest BCUT2D eigenvalue weighted by atomic mass is 10.0. The largest absolute Gasteiger partial charge is 0.485 e. The number of aryl methyl sites for hydroxylation is 1. The molecule has 3 aromatic heterocycles. The Morgan fingerprint density at radius 1 is 1.11 bits per heavy atom. The zero-order valence-corrected chi connectivity index (χ0v) is 15.7. The highest BCUT2D eigenvalue weighted by atomic mass is 32.1. The summed E-state index contributed by atoms with van der Waals surface area (Å²) in [6.07, 6.45) is 3.10. The molecule has 0 fully saturated rings. The average Bonchev–Trinajstić information content (AvgIpc) is 3.34. The first-order valence-corrected chi connectivity index (χ1v) is 9.41. The van der Waals surface area contributed by atoms with Crippen molar-refractivity contribution in [3.63, 3.8) is 0 Å². The van der Waals surface area contributed by atoms with Crippen LogP contribution in [0.4, 0.5) is 5.82 Å². The normalized spacial score (nSPS) is 11.3. The third-order valence-electron chi connectivity index (χ3n) is 4.43. The molecule has 3 heterocycles. The Hall–Kier alpha value is -3.59. The van der Waals surface area contributed by atoms with E-state index >= 15 is 0 Å². The van der Waals surface area contributed by atoms with Gasteiger partial charge in [0.1, 0.15) is 30.8 Å². The molecule has 8 nitrogen and oxygen atoms in total. The molecule has 5 rings (SSSR count). The third-order valence-corrected chi connectivity index (χ3v) is 5.22. The molecule has 0 aliphatic heterocycles. The number of rotatable bonds is 4. The fraction of sp³-hybridized carbons (Fsp3) is 0.105. The van der Waals surface area contributed by atoms with E-state index in [2.05, 4.69) is 31.1 Å². The van der Waals surface area contributed by atoms with Crippen molar-refractivity contribution < 1.29 is 4.74 Å². The second-order valence-electron chi connectivity index (χ2n) is 6.25. The summed E-state index contributed by atoms with van der Waals surface area (Å²) in [6.45, 7) is 0.233. The Labute approximate surface area is 163 Å². The van der Waals surface area contributed by atoms with Gasteiger partial charge in [0.15, 0.2) is 5.82 Å². The third kappa shape index (κ3) is 2.81. The maximum atomic E-state index is 6.18. The molecule has 2 aromatic carbocycles. The van der Waals surface area contributed by atoms with Crippen LogP contribution in [-0.4, -0.2) is 29.7 Å². The monoisotopic (exact) mass is 389 g/mol. The van der Waals surface area contributed by atoms with Gasteiger partial charge in [-0.2, -0.15) is 5.10 Å². The summed E-state index contributed by atoms with van der Waals surface area (Å²) in [5, 5.41) is 4.91. The average molecular weight is 389 g/mol. The lowest BCUT2D eigenvalue weighted by Gasteiger charge is -2.12. The zero-order valence-electron chi connectivity index (χ0n) is 14.9. The second-order valence-corrected chi connectivity index (χ2v) is 7.14. The molecule has 0 atom stereocenters. The van der Waals surface area contributed by atoms with Gasteiger partial charge in [-0.3, -0.25) is 4.68 Å². The fourth-order valence-electron chi connectivity index (χ4n) is 3.14. The smallest absolute Gasteiger partial charge is 0.188 e. The molecule has 2 N–H and O–H groups in total. The van der Waals surface area contributed by atoms with Crippen LogP contribution in [0, 0.1) is 0 Å². The van der Waals surface area contributed by atoms with E-state index in [1.54, 1.807) is 22.3 Å². The van der Waals surface area contributed by atoms with Crippen LogP contribution in [0.1, 0.15) is 5.82 Å². The van der Waals surface area contributed by atoms with Crippen molar-refractivity contribution in [2.24, 2.45) is 7.05 Å². The molecule has 0 unspecified atom stereocenters. The minimum absolute atomic E-state index is 0.233. The topological polar surface area (TPSA) is 105 Å². The first-order chi connectivity index (χ1) is 13.7. The maximum Gasteiger partial charge on any atom is 0.188 e. The van der Waals surface area contributed by atoms with Crippen LogP contribution < -0.4 is 10.5 Å². The van der Waals surface area contributed by atoms with E-state index < -0.39 is 0 Å². The number of aromatic nitrogens is 6. The number of ether oxygens (including phenoxy) is 1. The summed E-state index contributed by atoms with van der Waals surface area (Å²) in [7, 11) is 1.81. The van der Waals surface area contributed by atoms with E-state index in [0.717, 1.165) is 26.9 Å². The molecule has 0 saturated heterocycles. The number of nitrogen functional groups attached to an aromatic ring is 1. The minimum Gasteiger partial charge on any atom is -0.485 e. The van der Waals surface area contributed by atoms with Gasteiger partial charge in [0.25, 0.3) is 0 Å². The lowest BCUT2D eigenvalue weighted by Crippen LogP contribution is -2.02. The van der Waals surface area contributed by atoms with Crippen LogP contribution >= 0.6 is 11.3 Å². The molecule has 0 aliphatic rings. The van der Waals surface area contributed by atoms with Gasteiger partial charge in [-0.25, -0.2) is 19.9 Å². The summed E-state index contributed by atoms with van der Waals surface area (Å²) in [5.74, 6) is 1.56. The van der Waals surface area contributed by atoms with Crippen LogP contribution in [-0.2, 0) is 13.7 Å². The van der Waals surface area contributed by atoms with Gasteiger partial charge in [-0.1, -0.05) is 6.07 Å². The van der Waals surface area contributed by atoms with E-state index in [9.17, 15) is 0 Å². The van der Waals surface area contributed by atoms with E-state index in [1.807, 2.05) is 36.8 Å². The fourth-order valence-corrected chi connectivity index (χ4v) is 3.85. The van der Waals surface area contributed by atoms with E-state index in [1.165, 1.54) is 6.33 Å². The molecular weight excluding hydrogens is 374 g/mol. The van der Waals surface area contributed by atoms with E-state index in [0.29, 0.717) is 22.8 Å². The molecule has 138 valence electrons. The van der Waals surface area contributed by atoms with Crippen molar-refractivity contribution in [2.75, 3.05) is 5.73 Å². The van der Waals surface area contributed by atoms with E-state index in [4.69, 9.17) is 10.5 Å². The summed E-state index contributed by atoms with van der Waals surface area (Å²) in [5.41, 5.74) is 11.7. The van der Waals surface area contributed by atoms with Crippen LogP contribution in [0.15, 0.2) is 48.5 Å². The highest BCUT2D eigenvalue weighted by Gasteiger charge is 2.15. The number of fused-ring (bicyclic) bond motifs is 2. The minimum atomic E-state index is 0.233. The number of hydrogen-bond acceptors (Lipinski definition) is 8. The highest BCUT2D eigenvalue weighted by molar-refractivity contribution is 7.16. The summed E-state index contributed by atoms with van der Waals surface area (Å²) < 4.78 is 8.69. The molecule has 0 spiro atoms. The predicted molar refractivity (Wildman–Crippen MR) is 108 cm³/mol. The standard InChI is InChI=1S/C19H15N7OS/c1-26-9-23-16(25-26)7-27-14-5-3-12(18-17(14)19(20)22-8-21-18)11-2-4-13-15(6-11)28-10-24-13/h2-6,8-10H,7H2,1H3,(H2,20,21,22). The Balaban J connectivity index is 1.60. The number of hydrogen-bond donors (Lipinski definition) is 1. The van der Waals surface area contributed by atoms with E-state index in [-0.39, 0.29) is 6.61 Å². The quantitative estimate of drug-likeness (QED) is 0.503. The van der Waals surface area contributed by atoms with Gasteiger partial charge in [0.05, 0.1) is 26.6 Å². The molecule has 0 radical (unpaired) electrons. The number of nitrogens with two attached hydrogens (primary N) is 1. The van der Waals surface area contributed by atoms with Crippen molar-refractivity contribution >= 4 is 38.3 Å². The first kappa shape index (κ1) is 16.6. The van der Waals surface area contributed by atoms with Crippen molar-refractivity contribution in [3.8, 4) is 16.9 Å². The number of anilines is 1. The van der Waals surface area contributed by atoms with Crippen molar-refractivity contribution in [1.29, 1.82) is 0 Å². The summed E-state index contributed by atoms with van der Waals surface area (Å²) >= 11 is 1.61. The van der Waals surface area contributed by atoms with Crippen molar-refractivity contribution in [1.82, 2.24) is 29.7 Å². The van der Waals surface area contributed by atoms with Crippen molar-refractivity contribution in [3.05, 3.63) is 54.3 Å². The van der Waals surface area contributed by atoms with Crippen LogP contribution in [0.5, 0.6) is 5.75 Å². The highest BCUT2D eigenvalue weighted by Crippen LogP contribution is 2.37. The molecule has 28 heavy (non-hydrogen) atoms. The molecule has 5 aromatic rings. The molecular formula is C19H15N7OS. The van der Waals surface area contributed by atoms with Gasteiger partial charge < -0.3 is 10.5 Å². The second kappa shape index (κ2) is 6.54. The number of nitrogens with zero attached hydrogens (tertiary/aromatic N) is 6. The Morgan fingerprint density at radius 2 is 2.04 bits per heavy atom. The van der Waals surface area contributed by atoms with Crippen LogP contribution in [0.3, 0.4) is 0 Å². The van der Waals surface area contributed by atoms with Crippen LogP contribution in [0.2, 0.25) is 0 Å². The van der Waals surface area contributed by atoms with Gasteiger partial charge in [0.2, 0.25) is 0 Å². The van der Waals surface area contributed by atoms with Gasteiger partial charge in [-0.15, -0.1) is 11.3 Å². The summed E-state index contributed by atoms with van der Waals surface area (Å²) in [6, 6.07) is 10.0. The number of thiazole rings is 1. The molecule has 0 bridgehead atoms. The number of benzene rings is 2. The SMILES string of the molecule is Cn1cnc(COc2ccc(-c3ccc4ncsc4c3)c3ncnc(N)c23)n1. The molecule has 9 heteroatoms. The Kier molecular flexibility index (Phi) is 3.87. The Bertz CT molecular complexity index is 1310. The van der Waals surface area contributed by atoms with Gasteiger partial charge >= 0.3 is 0 Å². The van der Waals surface area contributed by atoms with Crippen LogP contribution in [0.25, 0.3) is 32.2 Å². The molecule has 0 saturated carbocycles. The Morgan fingerprint density at radius 3 is 2.89 bits per heavy atom. The maximum absolute atomic E-state index is 6.18. The van der Waals surface area contributed by atoms with Gasteiger partial charge in [0, 0.05) is 12.6 Å². The first-order valence-electron chi connectivity index (χ1n) is 8.53. The van der Waals surface area contributed by atoms with Gasteiger partial charge in [-0.05, 0) is 29.8 Å². The lowest BCUT2D eigenvalue weighted by molar-refractivity contribution is 0.299. The van der Waals surface area contributed by atoms with Crippen molar-refractivity contribution in [2.45, 2.75) is 6.61 Å².